The van der Waals surface area contributed by atoms with E-state index in [1.165, 1.54) is 16.2 Å². The van der Waals surface area contributed by atoms with Crippen LogP contribution in [0.15, 0.2) is 71.7 Å². The molecular weight excluding hydrogens is 396 g/mol. The van der Waals surface area contributed by atoms with E-state index in [9.17, 15) is 9.59 Å². The average Bonchev–Trinajstić information content (AvgIpc) is 3.31. The number of imide groups is 1. The second kappa shape index (κ2) is 8.16. The molecule has 30 heavy (non-hydrogen) atoms. The van der Waals surface area contributed by atoms with Crippen molar-refractivity contribution in [1.29, 1.82) is 0 Å². The number of nitrogens with zero attached hydrogens (tertiary/aromatic N) is 1. The van der Waals surface area contributed by atoms with Crippen LogP contribution >= 0.6 is 11.3 Å². The summed E-state index contributed by atoms with van der Waals surface area (Å²) in [5.41, 5.74) is 2.84. The Labute approximate surface area is 179 Å². The van der Waals surface area contributed by atoms with Gasteiger partial charge in [-0.2, -0.15) is 0 Å². The molecule has 4 rings (SSSR count). The Hall–Kier alpha value is -3.38. The molecule has 152 valence electrons. The number of nitrogens with one attached hydrogen (secondary N) is 1. The second-order valence-electron chi connectivity index (χ2n) is 7.28. The molecule has 6 heteroatoms. The predicted octanol–water partition coefficient (Wildman–Crippen LogP) is 5.24. The smallest absolute Gasteiger partial charge is 0.282 e. The van der Waals surface area contributed by atoms with Gasteiger partial charge in [-0.1, -0.05) is 24.3 Å². The number of aryl methyl sites for hydroxylation is 1. The number of hydrogen-bond acceptors (Lipinski definition) is 5. The molecule has 3 aromatic rings. The Morgan fingerprint density at radius 1 is 0.933 bits per heavy atom. The van der Waals surface area contributed by atoms with Gasteiger partial charge in [0.05, 0.1) is 17.4 Å². The molecule has 0 radical (unpaired) electrons. The summed E-state index contributed by atoms with van der Waals surface area (Å²) in [6.45, 7) is 5.82. The van der Waals surface area contributed by atoms with Gasteiger partial charge in [0, 0.05) is 10.6 Å². The highest BCUT2D eigenvalue weighted by Crippen LogP contribution is 2.36. The minimum absolute atomic E-state index is 0.0775. The zero-order valence-electron chi connectivity index (χ0n) is 17.0. The molecule has 5 nitrogen and oxygen atoms in total. The summed E-state index contributed by atoms with van der Waals surface area (Å²) >= 11 is 1.43. The quantitative estimate of drug-likeness (QED) is 0.556. The van der Waals surface area contributed by atoms with Gasteiger partial charge >= 0.3 is 0 Å². The molecule has 2 heterocycles. The first-order valence-electron chi connectivity index (χ1n) is 9.72. The van der Waals surface area contributed by atoms with Crippen LogP contribution in [0.25, 0.3) is 5.57 Å². The van der Waals surface area contributed by atoms with E-state index in [-0.39, 0.29) is 23.6 Å². The summed E-state index contributed by atoms with van der Waals surface area (Å²) < 4.78 is 5.68. The lowest BCUT2D eigenvalue weighted by atomic mass is 10.1. The van der Waals surface area contributed by atoms with Gasteiger partial charge in [-0.3, -0.25) is 9.59 Å². The largest absolute Gasteiger partial charge is 0.491 e. The second-order valence-corrected chi connectivity index (χ2v) is 8.22. The normalized spacial score (nSPS) is 14.1. The third kappa shape index (κ3) is 3.74. The average molecular weight is 419 g/mol. The van der Waals surface area contributed by atoms with Crippen LogP contribution in [-0.2, 0) is 9.59 Å². The number of ether oxygens (including phenoxy) is 1. The van der Waals surface area contributed by atoms with Crippen LogP contribution in [0.3, 0.4) is 0 Å². The minimum Gasteiger partial charge on any atom is -0.491 e. The number of carbonyl (C=O) groups excluding carboxylic acids is 2. The molecule has 2 amide bonds. The van der Waals surface area contributed by atoms with Gasteiger partial charge in [0.2, 0.25) is 0 Å². The summed E-state index contributed by atoms with van der Waals surface area (Å²) in [6.07, 6.45) is 0.0775. The van der Waals surface area contributed by atoms with E-state index in [1.54, 1.807) is 6.07 Å². The summed E-state index contributed by atoms with van der Waals surface area (Å²) in [6, 6.07) is 18.5. The molecule has 2 aromatic carbocycles. The predicted molar refractivity (Wildman–Crippen MR) is 121 cm³/mol. The number of hydrogen-bond donors (Lipinski definition) is 1. The maximum absolute atomic E-state index is 13.4. The van der Waals surface area contributed by atoms with Gasteiger partial charge in [-0.25, -0.2) is 4.90 Å². The Balaban J connectivity index is 1.72. The van der Waals surface area contributed by atoms with Crippen molar-refractivity contribution < 1.29 is 14.3 Å². The Kier molecular flexibility index (Phi) is 5.42. The number of para-hydroxylation sites is 1. The third-order valence-corrected chi connectivity index (χ3v) is 5.59. The maximum atomic E-state index is 13.4. The van der Waals surface area contributed by atoms with E-state index in [0.717, 1.165) is 16.2 Å². The molecule has 0 spiro atoms. The van der Waals surface area contributed by atoms with Crippen molar-refractivity contribution in [2.75, 3.05) is 10.2 Å². The van der Waals surface area contributed by atoms with Crippen LogP contribution < -0.4 is 15.0 Å². The van der Waals surface area contributed by atoms with Crippen molar-refractivity contribution >= 4 is 40.1 Å². The van der Waals surface area contributed by atoms with Crippen LogP contribution in [0.1, 0.15) is 24.3 Å². The van der Waals surface area contributed by atoms with E-state index < -0.39 is 0 Å². The van der Waals surface area contributed by atoms with Gasteiger partial charge in [0.15, 0.2) is 0 Å². The highest BCUT2D eigenvalue weighted by atomic mass is 32.1. The molecule has 0 saturated heterocycles. The molecule has 1 aliphatic rings. The van der Waals surface area contributed by atoms with Gasteiger partial charge in [0.1, 0.15) is 11.4 Å². The molecule has 0 aliphatic carbocycles. The maximum Gasteiger partial charge on any atom is 0.282 e. The van der Waals surface area contributed by atoms with Crippen molar-refractivity contribution in [1.82, 2.24) is 0 Å². The van der Waals surface area contributed by atoms with Crippen molar-refractivity contribution in [2.24, 2.45) is 0 Å². The SMILES string of the molecule is Cc1ccccc1N1C(=O)C(Nc2ccc(OC(C)C)cc2)=C(c2cccs2)C1=O. The summed E-state index contributed by atoms with van der Waals surface area (Å²) in [5, 5.41) is 5.07. The van der Waals surface area contributed by atoms with Gasteiger partial charge < -0.3 is 10.1 Å². The van der Waals surface area contributed by atoms with Crippen LogP contribution in [0.5, 0.6) is 5.75 Å². The third-order valence-electron chi connectivity index (χ3n) is 4.70. The monoisotopic (exact) mass is 418 g/mol. The standard InChI is InChI=1S/C24H22N2O3S/c1-15(2)29-18-12-10-17(11-13-18)25-22-21(20-9-6-14-30-20)23(27)26(24(22)28)19-8-5-4-7-16(19)3/h4-15,25H,1-3H3. The number of benzene rings is 2. The number of thiophene rings is 1. The molecule has 0 atom stereocenters. The minimum atomic E-state index is -0.361. The highest BCUT2D eigenvalue weighted by molar-refractivity contribution is 7.11. The molecule has 1 aromatic heterocycles. The first-order valence-corrected chi connectivity index (χ1v) is 10.6. The van der Waals surface area contributed by atoms with Crippen LogP contribution in [-0.4, -0.2) is 17.9 Å². The summed E-state index contributed by atoms with van der Waals surface area (Å²) in [5.74, 6) is 0.0672. The van der Waals surface area contributed by atoms with E-state index in [1.807, 2.05) is 80.7 Å². The molecule has 1 N–H and O–H groups in total. The fraction of sp³-hybridized carbons (Fsp3) is 0.167. The lowest BCUT2D eigenvalue weighted by molar-refractivity contribution is -0.120. The van der Waals surface area contributed by atoms with E-state index in [4.69, 9.17) is 4.74 Å². The molecule has 0 unspecified atom stereocenters. The fourth-order valence-corrected chi connectivity index (χ4v) is 4.13. The topological polar surface area (TPSA) is 58.6 Å². The van der Waals surface area contributed by atoms with E-state index in [2.05, 4.69) is 5.32 Å². The van der Waals surface area contributed by atoms with Crippen molar-refractivity contribution in [2.45, 2.75) is 26.9 Å². The first kappa shape index (κ1) is 19.9. The highest BCUT2D eigenvalue weighted by Gasteiger charge is 2.41. The van der Waals surface area contributed by atoms with E-state index in [0.29, 0.717) is 16.9 Å². The molecule has 0 bridgehead atoms. The number of carbonyl (C=O) groups is 2. The van der Waals surface area contributed by atoms with Crippen molar-refractivity contribution in [3.8, 4) is 5.75 Å². The van der Waals surface area contributed by atoms with Gasteiger partial charge in [-0.05, 0) is 68.1 Å². The lowest BCUT2D eigenvalue weighted by Gasteiger charge is -2.17. The van der Waals surface area contributed by atoms with Crippen molar-refractivity contribution in [3.63, 3.8) is 0 Å². The first-order chi connectivity index (χ1) is 14.5. The lowest BCUT2D eigenvalue weighted by Crippen LogP contribution is -2.32. The number of rotatable bonds is 6. The Morgan fingerprint density at radius 3 is 2.30 bits per heavy atom. The zero-order chi connectivity index (χ0) is 21.3. The van der Waals surface area contributed by atoms with Gasteiger partial charge in [-0.15, -0.1) is 11.3 Å². The van der Waals surface area contributed by atoms with Crippen LogP contribution in [0, 0.1) is 6.92 Å². The molecule has 0 saturated carbocycles. The summed E-state index contributed by atoms with van der Waals surface area (Å²) in [7, 11) is 0. The van der Waals surface area contributed by atoms with Gasteiger partial charge in [0.25, 0.3) is 11.8 Å². The fourth-order valence-electron chi connectivity index (χ4n) is 3.36. The molecular formula is C24H22N2O3S. The summed E-state index contributed by atoms with van der Waals surface area (Å²) in [4.78, 5) is 28.7. The van der Waals surface area contributed by atoms with Crippen LogP contribution in [0.4, 0.5) is 11.4 Å². The van der Waals surface area contributed by atoms with E-state index >= 15 is 0 Å². The number of anilines is 2. The molecule has 1 aliphatic heterocycles. The zero-order valence-corrected chi connectivity index (χ0v) is 17.8. The Morgan fingerprint density at radius 2 is 1.67 bits per heavy atom. The van der Waals surface area contributed by atoms with Crippen molar-refractivity contribution in [3.05, 3.63) is 82.2 Å². The van der Waals surface area contributed by atoms with Crippen LogP contribution in [0.2, 0.25) is 0 Å². The Bertz CT molecular complexity index is 1120. The number of amides is 2. The molecule has 0 fully saturated rings.